The van der Waals surface area contributed by atoms with E-state index in [9.17, 15) is 0 Å². The summed E-state index contributed by atoms with van der Waals surface area (Å²) in [6.07, 6.45) is 19.9. The van der Waals surface area contributed by atoms with E-state index < -0.39 is 0 Å². The lowest BCUT2D eigenvalue weighted by Crippen LogP contribution is -2.45. The molecule has 112 valence electrons. The Bertz CT molecular complexity index is 206. The molecule has 19 heavy (non-hydrogen) atoms. The second-order valence-electron chi connectivity index (χ2n) is 6.63. The van der Waals surface area contributed by atoms with E-state index in [1.54, 1.807) is 0 Å². The van der Waals surface area contributed by atoms with Gasteiger partial charge >= 0.3 is 0 Å². The molecule has 3 heteroatoms. The van der Waals surface area contributed by atoms with Crippen molar-refractivity contribution in [2.45, 2.75) is 95.4 Å². The van der Waals surface area contributed by atoms with Gasteiger partial charge in [-0.15, -0.1) is 0 Å². The van der Waals surface area contributed by atoms with Crippen LogP contribution in [0.15, 0.2) is 0 Å². The van der Waals surface area contributed by atoms with E-state index >= 15 is 0 Å². The van der Waals surface area contributed by atoms with Crippen molar-refractivity contribution in [1.29, 1.82) is 0 Å². The minimum absolute atomic E-state index is 0.334. The molecule has 2 fully saturated rings. The van der Waals surface area contributed by atoms with Crippen molar-refractivity contribution in [1.82, 2.24) is 16.4 Å². The molecule has 0 aromatic rings. The molecule has 1 saturated heterocycles. The molecular weight excluding hydrogens is 234 g/mol. The molecule has 1 spiro atoms. The zero-order valence-electron chi connectivity index (χ0n) is 12.6. The van der Waals surface area contributed by atoms with Gasteiger partial charge in [-0.25, -0.2) is 10.9 Å². The third kappa shape index (κ3) is 5.80. The molecule has 1 saturated carbocycles. The zero-order valence-corrected chi connectivity index (χ0v) is 12.6. The molecule has 3 nitrogen and oxygen atoms in total. The second-order valence-corrected chi connectivity index (χ2v) is 6.63. The van der Waals surface area contributed by atoms with E-state index in [1.165, 1.54) is 89.9 Å². The third-order valence-corrected chi connectivity index (χ3v) is 4.90. The molecule has 0 amide bonds. The van der Waals surface area contributed by atoms with E-state index in [4.69, 9.17) is 0 Å². The molecule has 2 aliphatic rings. The molecular formula is C16H33N3. The maximum absolute atomic E-state index is 3.50. The molecule has 2 rings (SSSR count). The SMILES string of the molecule is C1CCCCCCCC2(CCCCCC1)CNNN2. The van der Waals surface area contributed by atoms with Crippen molar-refractivity contribution < 1.29 is 0 Å². The van der Waals surface area contributed by atoms with Crippen LogP contribution in [-0.4, -0.2) is 12.1 Å². The Hall–Kier alpha value is -0.120. The Morgan fingerprint density at radius 3 is 1.32 bits per heavy atom. The van der Waals surface area contributed by atoms with Crippen LogP contribution >= 0.6 is 0 Å². The normalized spacial score (nSPS) is 27.8. The number of hydrazine groups is 2. The molecule has 3 N–H and O–H groups in total. The first-order valence-electron chi connectivity index (χ1n) is 8.66. The van der Waals surface area contributed by atoms with E-state index in [0.717, 1.165) is 6.54 Å². The van der Waals surface area contributed by atoms with Crippen molar-refractivity contribution >= 4 is 0 Å². The minimum atomic E-state index is 0.334. The minimum Gasteiger partial charge on any atom is -0.242 e. The summed E-state index contributed by atoms with van der Waals surface area (Å²) < 4.78 is 0. The van der Waals surface area contributed by atoms with Gasteiger partial charge in [0.2, 0.25) is 0 Å². The third-order valence-electron chi connectivity index (χ3n) is 4.90. The maximum atomic E-state index is 3.50. The lowest BCUT2D eigenvalue weighted by Gasteiger charge is -2.28. The highest BCUT2D eigenvalue weighted by Gasteiger charge is 2.32. The quantitative estimate of drug-likeness (QED) is 0.624. The van der Waals surface area contributed by atoms with Gasteiger partial charge in [-0.05, 0) is 12.8 Å². The van der Waals surface area contributed by atoms with Crippen molar-refractivity contribution in [3.05, 3.63) is 0 Å². The van der Waals surface area contributed by atoms with Crippen LogP contribution in [-0.2, 0) is 0 Å². The van der Waals surface area contributed by atoms with Crippen molar-refractivity contribution in [3.8, 4) is 0 Å². The number of hydrogen-bond donors (Lipinski definition) is 3. The van der Waals surface area contributed by atoms with E-state index in [1.807, 2.05) is 0 Å². The van der Waals surface area contributed by atoms with Crippen LogP contribution in [0, 0.1) is 0 Å². The Kier molecular flexibility index (Phi) is 7.18. The van der Waals surface area contributed by atoms with Gasteiger partial charge in [0.15, 0.2) is 0 Å². The predicted octanol–water partition coefficient (Wildman–Crippen LogP) is 3.81. The summed E-state index contributed by atoms with van der Waals surface area (Å²) in [6, 6.07) is 0. The Morgan fingerprint density at radius 2 is 0.947 bits per heavy atom. The number of nitrogens with one attached hydrogen (secondary N) is 3. The van der Waals surface area contributed by atoms with E-state index in [-0.39, 0.29) is 0 Å². The predicted molar refractivity (Wildman–Crippen MR) is 81.6 cm³/mol. The Balaban J connectivity index is 1.75. The summed E-state index contributed by atoms with van der Waals surface area (Å²) in [5.74, 6) is 0. The fourth-order valence-corrected chi connectivity index (χ4v) is 3.56. The van der Waals surface area contributed by atoms with Gasteiger partial charge in [-0.1, -0.05) is 77.0 Å². The smallest absolute Gasteiger partial charge is 0.0475 e. The van der Waals surface area contributed by atoms with Crippen LogP contribution in [0.5, 0.6) is 0 Å². The van der Waals surface area contributed by atoms with Gasteiger partial charge in [0.1, 0.15) is 0 Å². The second kappa shape index (κ2) is 8.93. The molecule has 0 radical (unpaired) electrons. The topological polar surface area (TPSA) is 36.1 Å². The standard InChI is InChI=1S/C16H33N3/c1-2-4-6-8-10-12-14-16(15-17-19-18-16)13-11-9-7-5-3-1/h17-19H,1-15H2. The highest BCUT2D eigenvalue weighted by atomic mass is 15.7. The van der Waals surface area contributed by atoms with Gasteiger partial charge < -0.3 is 0 Å². The summed E-state index contributed by atoms with van der Waals surface area (Å²) in [5, 5.41) is 0. The van der Waals surface area contributed by atoms with E-state index in [0.29, 0.717) is 5.54 Å². The summed E-state index contributed by atoms with van der Waals surface area (Å²) >= 11 is 0. The highest BCUT2D eigenvalue weighted by molar-refractivity contribution is 4.91. The summed E-state index contributed by atoms with van der Waals surface area (Å²) in [6.45, 7) is 1.09. The van der Waals surface area contributed by atoms with Gasteiger partial charge in [0.05, 0.1) is 0 Å². The molecule has 0 aromatic heterocycles. The van der Waals surface area contributed by atoms with Crippen LogP contribution in [0.2, 0.25) is 0 Å². The molecule has 0 aromatic carbocycles. The first kappa shape index (κ1) is 15.3. The van der Waals surface area contributed by atoms with Crippen molar-refractivity contribution in [2.24, 2.45) is 0 Å². The molecule has 1 aliphatic carbocycles. The summed E-state index contributed by atoms with van der Waals surface area (Å²) in [7, 11) is 0. The van der Waals surface area contributed by atoms with Crippen LogP contribution in [0.25, 0.3) is 0 Å². The highest BCUT2D eigenvalue weighted by Crippen LogP contribution is 2.24. The summed E-state index contributed by atoms with van der Waals surface area (Å²) in [5.41, 5.74) is 10.2. The number of hydrogen-bond acceptors (Lipinski definition) is 3. The fraction of sp³-hybridized carbons (Fsp3) is 1.00. The average molecular weight is 267 g/mol. The molecule has 1 heterocycles. The largest absolute Gasteiger partial charge is 0.242 e. The van der Waals surface area contributed by atoms with Crippen LogP contribution in [0.1, 0.15) is 89.9 Å². The van der Waals surface area contributed by atoms with Crippen LogP contribution in [0.3, 0.4) is 0 Å². The Morgan fingerprint density at radius 1 is 0.526 bits per heavy atom. The van der Waals surface area contributed by atoms with Gasteiger partial charge in [0.25, 0.3) is 0 Å². The zero-order chi connectivity index (χ0) is 13.2. The molecule has 0 atom stereocenters. The Labute approximate surface area is 119 Å². The first-order valence-corrected chi connectivity index (χ1v) is 8.66. The molecule has 0 bridgehead atoms. The first-order chi connectivity index (χ1) is 9.41. The van der Waals surface area contributed by atoms with Crippen molar-refractivity contribution in [2.75, 3.05) is 6.54 Å². The van der Waals surface area contributed by atoms with Crippen LogP contribution < -0.4 is 16.4 Å². The van der Waals surface area contributed by atoms with E-state index in [2.05, 4.69) is 16.4 Å². The molecule has 1 aliphatic heterocycles. The fourth-order valence-electron chi connectivity index (χ4n) is 3.56. The summed E-state index contributed by atoms with van der Waals surface area (Å²) in [4.78, 5) is 0. The lowest BCUT2D eigenvalue weighted by atomic mass is 9.87. The molecule has 0 unspecified atom stereocenters. The number of rotatable bonds is 0. The maximum Gasteiger partial charge on any atom is 0.0475 e. The average Bonchev–Trinajstić information content (AvgIpc) is 2.87. The monoisotopic (exact) mass is 267 g/mol. The van der Waals surface area contributed by atoms with Crippen molar-refractivity contribution in [3.63, 3.8) is 0 Å². The lowest BCUT2D eigenvalue weighted by molar-refractivity contribution is 0.301. The van der Waals surface area contributed by atoms with Gasteiger partial charge in [-0.3, -0.25) is 0 Å². The van der Waals surface area contributed by atoms with Crippen LogP contribution in [0.4, 0.5) is 0 Å². The van der Waals surface area contributed by atoms with Gasteiger partial charge in [0, 0.05) is 12.1 Å². The van der Waals surface area contributed by atoms with Gasteiger partial charge in [-0.2, -0.15) is 5.53 Å².